The van der Waals surface area contributed by atoms with E-state index >= 15 is 0 Å². The molecule has 44 heavy (non-hydrogen) atoms. The molecule has 0 bridgehead atoms. The first-order valence-corrected chi connectivity index (χ1v) is 15.1. The van der Waals surface area contributed by atoms with Gasteiger partial charge in [-0.25, -0.2) is 9.59 Å². The monoisotopic (exact) mass is 595 g/mol. The van der Waals surface area contributed by atoms with Crippen LogP contribution in [0.3, 0.4) is 0 Å². The van der Waals surface area contributed by atoms with Crippen LogP contribution in [0.15, 0.2) is 66.7 Å². The van der Waals surface area contributed by atoms with E-state index in [0.29, 0.717) is 24.9 Å². The summed E-state index contributed by atoms with van der Waals surface area (Å²) in [7, 11) is 0. The van der Waals surface area contributed by atoms with Crippen LogP contribution in [0.25, 0.3) is 11.1 Å². The van der Waals surface area contributed by atoms with E-state index in [1.54, 1.807) is 27.7 Å². The summed E-state index contributed by atoms with van der Waals surface area (Å²) in [4.78, 5) is 54.7. The van der Waals surface area contributed by atoms with Gasteiger partial charge in [0.15, 0.2) is 0 Å². The zero-order chi connectivity index (χ0) is 31.2. The molecule has 3 amide bonds. The average Bonchev–Trinajstić information content (AvgIpc) is 3.49. The van der Waals surface area contributed by atoms with Crippen molar-refractivity contribution in [3.05, 3.63) is 89.0 Å². The molecule has 9 nitrogen and oxygen atoms in total. The molecular weight excluding hydrogens is 558 g/mol. The van der Waals surface area contributed by atoms with Gasteiger partial charge in [-0.15, -0.1) is 0 Å². The molecule has 2 N–H and O–H groups in total. The number of alkyl carbamates (subject to hydrolysis) is 1. The second-order valence-electron chi connectivity index (χ2n) is 12.7. The van der Waals surface area contributed by atoms with Crippen LogP contribution in [0, 0.1) is 0 Å². The molecule has 0 aromatic heterocycles. The third-order valence-corrected chi connectivity index (χ3v) is 8.46. The Balaban J connectivity index is 1.16. The number of benzene rings is 3. The number of fused-ring (bicyclic) bond motifs is 3. The lowest BCUT2D eigenvalue weighted by atomic mass is 9.98. The highest BCUT2D eigenvalue weighted by Gasteiger charge is 2.44. The number of ether oxygens (including phenoxy) is 2. The highest BCUT2D eigenvalue weighted by atomic mass is 16.6. The summed E-state index contributed by atoms with van der Waals surface area (Å²) in [5, 5.41) is 5.52. The predicted octanol–water partition coefficient (Wildman–Crippen LogP) is 4.64. The van der Waals surface area contributed by atoms with Crippen molar-refractivity contribution in [3.63, 3.8) is 0 Å². The molecule has 0 saturated heterocycles. The Kier molecular flexibility index (Phi) is 7.65. The molecule has 2 aliphatic heterocycles. The number of carbonyl (C=O) groups is 4. The van der Waals surface area contributed by atoms with Gasteiger partial charge < -0.3 is 20.1 Å². The molecule has 228 valence electrons. The van der Waals surface area contributed by atoms with Crippen LogP contribution in [0.5, 0.6) is 0 Å². The fraction of sp³-hybridized carbons (Fsp3) is 0.371. The Morgan fingerprint density at radius 1 is 0.932 bits per heavy atom. The minimum Gasteiger partial charge on any atom is -0.458 e. The van der Waals surface area contributed by atoms with Crippen molar-refractivity contribution in [3.8, 4) is 11.1 Å². The maximum absolute atomic E-state index is 14.0. The second kappa shape index (κ2) is 11.4. The first kappa shape index (κ1) is 29.4. The number of para-hydroxylation sites is 1. The van der Waals surface area contributed by atoms with Crippen LogP contribution >= 0.6 is 0 Å². The van der Waals surface area contributed by atoms with Crippen molar-refractivity contribution in [1.29, 1.82) is 0 Å². The maximum atomic E-state index is 14.0. The highest BCUT2D eigenvalue weighted by Crippen LogP contribution is 2.44. The van der Waals surface area contributed by atoms with Gasteiger partial charge in [0.25, 0.3) is 0 Å². The normalized spacial score (nSPS) is 19.3. The van der Waals surface area contributed by atoms with Crippen molar-refractivity contribution < 1.29 is 28.7 Å². The molecule has 6 rings (SSSR count). The zero-order valence-electron chi connectivity index (χ0n) is 25.4. The number of amides is 3. The van der Waals surface area contributed by atoms with Crippen LogP contribution in [0.2, 0.25) is 0 Å². The molecule has 3 unspecified atom stereocenters. The van der Waals surface area contributed by atoms with E-state index in [1.807, 2.05) is 54.6 Å². The Labute approximate surface area is 256 Å². The first-order valence-electron chi connectivity index (χ1n) is 15.1. The fourth-order valence-electron chi connectivity index (χ4n) is 6.52. The first-order chi connectivity index (χ1) is 21.0. The van der Waals surface area contributed by atoms with Crippen LogP contribution in [-0.2, 0) is 36.7 Å². The smallest absolute Gasteiger partial charge is 0.407 e. The van der Waals surface area contributed by atoms with Gasteiger partial charge in [-0.3, -0.25) is 14.5 Å². The van der Waals surface area contributed by atoms with Crippen molar-refractivity contribution in [2.75, 3.05) is 11.5 Å². The van der Waals surface area contributed by atoms with Crippen molar-refractivity contribution >= 4 is 29.6 Å². The van der Waals surface area contributed by atoms with Crippen LogP contribution in [-0.4, -0.2) is 54.2 Å². The predicted molar refractivity (Wildman–Crippen MR) is 165 cm³/mol. The fourth-order valence-corrected chi connectivity index (χ4v) is 6.52. The summed E-state index contributed by atoms with van der Waals surface area (Å²) in [6.07, 6.45) is 0.524. The van der Waals surface area contributed by atoms with Crippen LogP contribution < -0.4 is 15.5 Å². The number of anilines is 1. The Hall–Kier alpha value is -4.66. The van der Waals surface area contributed by atoms with E-state index in [0.717, 1.165) is 33.4 Å². The van der Waals surface area contributed by atoms with Crippen LogP contribution in [0.4, 0.5) is 10.5 Å². The molecule has 2 heterocycles. The zero-order valence-corrected chi connectivity index (χ0v) is 25.4. The van der Waals surface area contributed by atoms with Gasteiger partial charge in [0.2, 0.25) is 11.8 Å². The molecule has 3 atom stereocenters. The largest absolute Gasteiger partial charge is 0.458 e. The molecule has 0 saturated carbocycles. The van der Waals surface area contributed by atoms with E-state index in [9.17, 15) is 19.2 Å². The molecule has 3 aromatic carbocycles. The average molecular weight is 596 g/mol. The molecule has 3 aromatic rings. The molecule has 3 aliphatic rings. The second-order valence-corrected chi connectivity index (χ2v) is 12.7. The lowest BCUT2D eigenvalue weighted by Crippen LogP contribution is -2.56. The quantitative estimate of drug-likeness (QED) is 0.402. The van der Waals surface area contributed by atoms with Crippen molar-refractivity contribution in [2.24, 2.45) is 0 Å². The van der Waals surface area contributed by atoms with Gasteiger partial charge in [-0.05, 0) is 73.9 Å². The topological polar surface area (TPSA) is 114 Å². The van der Waals surface area contributed by atoms with E-state index < -0.39 is 41.7 Å². The summed E-state index contributed by atoms with van der Waals surface area (Å²) in [5.74, 6) is -1.50. The van der Waals surface area contributed by atoms with E-state index in [-0.39, 0.29) is 18.4 Å². The minimum absolute atomic E-state index is 0.108. The molecular formula is C35H37N3O6. The summed E-state index contributed by atoms with van der Waals surface area (Å²) in [5.41, 5.74) is 6.27. The number of esters is 1. The standard InChI is InChI=1S/C35H37N3O6/c1-20(33(41)44-35(2,3)4)36-31(39)29-18-22-11-9-10-21-16-17-28(32(40)38(29)30(21)22)37-34(42)43-19-27-25-14-7-5-12-23(25)24-13-6-8-15-26(24)27/h5-15,20,27-29H,16-19H2,1-4H3,(H,36,39)(H,37,42). The van der Waals surface area contributed by atoms with Gasteiger partial charge in [-0.1, -0.05) is 66.7 Å². The Bertz CT molecular complexity index is 1600. The van der Waals surface area contributed by atoms with Gasteiger partial charge in [0.1, 0.15) is 30.3 Å². The molecule has 0 fully saturated rings. The summed E-state index contributed by atoms with van der Waals surface area (Å²) in [6, 6.07) is 19.3. The molecule has 0 spiro atoms. The minimum atomic E-state index is -0.901. The lowest BCUT2D eigenvalue weighted by Gasteiger charge is -2.29. The SMILES string of the molecule is CC(NC(=O)C1Cc2cccc3c2N1C(=O)C(NC(=O)OCC1c2ccccc2-c2ccccc21)CC3)C(=O)OC(C)(C)C. The number of rotatable bonds is 6. The maximum Gasteiger partial charge on any atom is 0.407 e. The summed E-state index contributed by atoms with van der Waals surface area (Å²) >= 11 is 0. The number of hydrogen-bond donors (Lipinski definition) is 2. The van der Waals surface area contributed by atoms with E-state index in [4.69, 9.17) is 9.47 Å². The Morgan fingerprint density at radius 3 is 2.23 bits per heavy atom. The van der Waals surface area contributed by atoms with Crippen LogP contribution in [0.1, 0.15) is 62.3 Å². The Morgan fingerprint density at radius 2 is 1.57 bits per heavy atom. The van der Waals surface area contributed by atoms with Crippen molar-refractivity contribution in [2.45, 2.75) is 76.6 Å². The lowest BCUT2D eigenvalue weighted by molar-refractivity contribution is -0.158. The van der Waals surface area contributed by atoms with E-state index in [1.165, 1.54) is 4.90 Å². The summed E-state index contributed by atoms with van der Waals surface area (Å²) < 4.78 is 11.1. The number of carbonyl (C=O) groups excluding carboxylic acids is 4. The number of nitrogens with zero attached hydrogens (tertiary/aromatic N) is 1. The third kappa shape index (κ3) is 5.54. The molecule has 0 radical (unpaired) electrons. The van der Waals surface area contributed by atoms with Gasteiger partial charge >= 0.3 is 12.1 Å². The van der Waals surface area contributed by atoms with Gasteiger partial charge in [0, 0.05) is 12.3 Å². The van der Waals surface area contributed by atoms with Gasteiger partial charge in [0.05, 0.1) is 5.69 Å². The number of hydrogen-bond acceptors (Lipinski definition) is 6. The molecule has 9 heteroatoms. The summed E-state index contributed by atoms with van der Waals surface area (Å²) in [6.45, 7) is 6.96. The number of aryl methyl sites for hydroxylation is 1. The highest BCUT2D eigenvalue weighted by molar-refractivity contribution is 6.08. The van der Waals surface area contributed by atoms with Gasteiger partial charge in [-0.2, -0.15) is 0 Å². The van der Waals surface area contributed by atoms with Crippen molar-refractivity contribution in [1.82, 2.24) is 10.6 Å². The van der Waals surface area contributed by atoms with E-state index in [2.05, 4.69) is 22.8 Å². The molecule has 1 aliphatic carbocycles. The third-order valence-electron chi connectivity index (χ3n) is 8.46. The number of nitrogens with one attached hydrogen (secondary N) is 2.